The van der Waals surface area contributed by atoms with E-state index in [1.165, 1.54) is 55.2 Å². The van der Waals surface area contributed by atoms with Crippen LogP contribution in [0.25, 0.3) is 0 Å². The minimum Gasteiger partial charge on any atom is -0.491 e. The third kappa shape index (κ3) is 29.3. The lowest BCUT2D eigenvalue weighted by Gasteiger charge is -2.09. The van der Waals surface area contributed by atoms with Crippen molar-refractivity contribution in [1.29, 1.82) is 0 Å². The van der Waals surface area contributed by atoms with Crippen LogP contribution in [0.2, 0.25) is 0 Å². The molecule has 0 aliphatic heterocycles. The fraction of sp³-hybridized carbons (Fsp3) is 0.492. The molecule has 5 aromatic heterocycles. The number of anilines is 5. The summed E-state index contributed by atoms with van der Waals surface area (Å²) in [7, 11) is 8.01. The quantitative estimate of drug-likeness (QED) is 0.0179. The number of imidazole rings is 3. The average molecular weight is 1390 g/mol. The molecule has 0 unspecified atom stereocenters. The van der Waals surface area contributed by atoms with Crippen LogP contribution in [0.1, 0.15) is 78.5 Å². The third-order valence-corrected chi connectivity index (χ3v) is 13.8. The Morgan fingerprint density at radius 2 is 0.737 bits per heavy atom. The van der Waals surface area contributed by atoms with Gasteiger partial charge in [0.05, 0.1) is 117 Å². The molecular formula is C63H90N18O18. The maximum Gasteiger partial charge on any atom is 0.291 e. The molecule has 6 aromatic rings. The molecule has 11 N–H and O–H groups in total. The van der Waals surface area contributed by atoms with Crippen molar-refractivity contribution in [3.63, 3.8) is 0 Å². The average Bonchev–Trinajstić information content (AvgIpc) is 1.71. The van der Waals surface area contributed by atoms with Crippen molar-refractivity contribution in [2.24, 2.45) is 35.2 Å². The number of carbonyl (C=O) groups is 9. The molecule has 36 heteroatoms. The monoisotopic (exact) mass is 1390 g/mol. The summed E-state index contributed by atoms with van der Waals surface area (Å²) in [5.41, 5.74) is 7.39. The highest BCUT2D eigenvalue weighted by Gasteiger charge is 2.22. The number of benzene rings is 1. The van der Waals surface area contributed by atoms with Crippen LogP contribution in [0.5, 0.6) is 5.75 Å². The first-order valence-electron chi connectivity index (χ1n) is 31.9. The molecule has 0 fully saturated rings. The number of nitrogens with zero attached hydrogens (tertiary/aromatic N) is 8. The topological polar surface area (TPSA) is 434 Å². The van der Waals surface area contributed by atoms with Crippen LogP contribution in [0, 0.1) is 0 Å². The molecule has 9 amide bonds. The number of aryl methyl sites for hydroxylation is 5. The molecule has 36 nitrogen and oxygen atoms in total. The van der Waals surface area contributed by atoms with E-state index in [1.807, 2.05) is 12.1 Å². The summed E-state index contributed by atoms with van der Waals surface area (Å²) in [4.78, 5) is 127. The van der Waals surface area contributed by atoms with Gasteiger partial charge in [0.1, 0.15) is 23.7 Å². The number of nitrogens with one attached hydrogen (secondary N) is 9. The van der Waals surface area contributed by atoms with Crippen molar-refractivity contribution in [2.75, 3.05) is 172 Å². The van der Waals surface area contributed by atoms with E-state index in [2.05, 4.69) is 62.8 Å². The molecule has 0 radical (unpaired) electrons. The lowest BCUT2D eigenvalue weighted by molar-refractivity contribution is -0.122. The second-order valence-corrected chi connectivity index (χ2v) is 21.7. The van der Waals surface area contributed by atoms with Crippen LogP contribution in [0.4, 0.5) is 28.7 Å². The van der Waals surface area contributed by atoms with Gasteiger partial charge in [-0.25, -0.2) is 15.0 Å². The van der Waals surface area contributed by atoms with E-state index in [0.717, 1.165) is 5.75 Å². The predicted octanol–water partition coefficient (Wildman–Crippen LogP) is 0.122. The standard InChI is InChI=1S/C63H90N18O18/c1-77-20-18-67-56(77)62(89)71-45-38-48(78(2)40-45)59(86)68-17-13-55(85)74-51-43-81(5)58(76-51)63(90)72-46-39-49(79(3)41-46)60(87)69-16-12-54(84)73-50-42-80(4)57(75-50)61(88)70-15-11-52(82)65-14-10-53(83)66-19-21-91-22-23-92-24-25-93-26-27-94-28-29-95-30-31-96-32-33-97-34-35-98-36-37-99-47-8-6-44(64)7-9-47/h6-9,18,20,38-43H,10-17,19,21-37,64H2,1-5H3,(H,65,82)(H,66,83)(H,68,86)(H,69,87)(H,70,88)(H,71,89)(H,72,90)(H,73,84)(H,74,85). The molecular weight excluding hydrogens is 1300 g/mol. The van der Waals surface area contributed by atoms with Crippen LogP contribution < -0.4 is 58.3 Å². The van der Waals surface area contributed by atoms with E-state index in [-0.39, 0.29) is 123 Å². The van der Waals surface area contributed by atoms with Gasteiger partial charge in [-0.15, -0.1) is 0 Å². The maximum absolute atomic E-state index is 13.3. The van der Waals surface area contributed by atoms with E-state index in [4.69, 9.17) is 48.4 Å². The zero-order valence-electron chi connectivity index (χ0n) is 56.3. The summed E-state index contributed by atoms with van der Waals surface area (Å²) in [5.74, 6) is -3.37. The fourth-order valence-electron chi connectivity index (χ4n) is 8.87. The molecule has 0 aliphatic carbocycles. The highest BCUT2D eigenvalue weighted by Crippen LogP contribution is 2.18. The largest absolute Gasteiger partial charge is 0.491 e. The predicted molar refractivity (Wildman–Crippen MR) is 358 cm³/mol. The van der Waals surface area contributed by atoms with Gasteiger partial charge in [-0.3, -0.25) is 43.2 Å². The molecule has 5 heterocycles. The van der Waals surface area contributed by atoms with E-state index >= 15 is 0 Å². The number of hydrogen-bond donors (Lipinski definition) is 10. The van der Waals surface area contributed by atoms with Crippen LogP contribution in [-0.4, -0.2) is 236 Å². The Hall–Kier alpha value is -10.1. The van der Waals surface area contributed by atoms with Crippen molar-refractivity contribution < 1.29 is 85.8 Å². The van der Waals surface area contributed by atoms with Crippen molar-refractivity contribution in [3.05, 3.63) is 102 Å². The lowest BCUT2D eigenvalue weighted by atomic mass is 10.3. The summed E-state index contributed by atoms with van der Waals surface area (Å²) < 4.78 is 56.9. The summed E-state index contributed by atoms with van der Waals surface area (Å²) in [5, 5.41) is 23.9. The van der Waals surface area contributed by atoms with Crippen molar-refractivity contribution in [2.45, 2.75) is 25.7 Å². The third-order valence-electron chi connectivity index (χ3n) is 13.8. The van der Waals surface area contributed by atoms with Crippen LogP contribution in [0.3, 0.4) is 0 Å². The van der Waals surface area contributed by atoms with Crippen LogP contribution in [-0.2, 0) is 92.3 Å². The normalized spacial score (nSPS) is 11.0. The number of nitrogen functional groups attached to an aromatic ring is 1. The van der Waals surface area contributed by atoms with Crippen molar-refractivity contribution in [1.82, 2.24) is 64.4 Å². The Balaban J connectivity index is 0.702. The fourth-order valence-corrected chi connectivity index (χ4v) is 8.87. The summed E-state index contributed by atoms with van der Waals surface area (Å²) in [6, 6.07) is 10.1. The first-order valence-corrected chi connectivity index (χ1v) is 31.9. The van der Waals surface area contributed by atoms with Gasteiger partial charge in [-0.1, -0.05) is 0 Å². The molecule has 0 spiro atoms. The van der Waals surface area contributed by atoms with E-state index in [1.54, 1.807) is 64.3 Å². The molecule has 0 bridgehead atoms. The van der Waals surface area contributed by atoms with E-state index < -0.39 is 41.4 Å². The summed E-state index contributed by atoms with van der Waals surface area (Å²) in [6.45, 7) is 7.36. The van der Waals surface area contributed by atoms with Crippen LogP contribution in [0.15, 0.2) is 73.6 Å². The number of hydrogen-bond acceptors (Lipinski definition) is 22. The molecule has 0 saturated heterocycles. The molecule has 540 valence electrons. The Morgan fingerprint density at radius 1 is 0.374 bits per heavy atom. The Morgan fingerprint density at radius 3 is 1.16 bits per heavy atom. The number of ether oxygens (including phenoxy) is 9. The Kier molecular flexibility index (Phi) is 34.0. The number of aromatic nitrogens is 8. The number of nitrogens with two attached hydrogens (primary N) is 1. The highest BCUT2D eigenvalue weighted by atomic mass is 16.6. The van der Waals surface area contributed by atoms with Gasteiger partial charge < -0.3 is 119 Å². The molecule has 0 aliphatic rings. The van der Waals surface area contributed by atoms with Crippen molar-refractivity contribution >= 4 is 81.9 Å². The van der Waals surface area contributed by atoms with Gasteiger partial charge >= 0.3 is 0 Å². The number of carbonyl (C=O) groups excluding carboxylic acids is 9. The minimum absolute atomic E-state index is 0.0292. The van der Waals surface area contributed by atoms with E-state index in [0.29, 0.717) is 117 Å². The maximum atomic E-state index is 13.3. The van der Waals surface area contributed by atoms with Gasteiger partial charge in [-0.2, -0.15) is 0 Å². The Bertz CT molecular complexity index is 3540. The summed E-state index contributed by atoms with van der Waals surface area (Å²) >= 11 is 0. The molecule has 0 atom stereocenters. The van der Waals surface area contributed by atoms with Gasteiger partial charge in [0.2, 0.25) is 35.3 Å². The van der Waals surface area contributed by atoms with Gasteiger partial charge in [0, 0.05) is 137 Å². The lowest BCUT2D eigenvalue weighted by Crippen LogP contribution is -2.34. The molecule has 6 rings (SSSR count). The summed E-state index contributed by atoms with van der Waals surface area (Å²) in [6.07, 6.45) is 8.75. The van der Waals surface area contributed by atoms with E-state index in [9.17, 15) is 43.2 Å². The zero-order chi connectivity index (χ0) is 71.2. The first kappa shape index (κ1) is 77.9. The first-order chi connectivity index (χ1) is 47.8. The molecule has 1 aromatic carbocycles. The number of amides is 9. The Labute approximate surface area is 571 Å². The number of rotatable bonds is 49. The SMILES string of the molecule is Cn1cc(NC(=O)c2nc(NC(=O)CCNC(=O)c3cc(NC(=O)c4nccn4C)cn3C)cn2C)cc1C(=O)NCCC(=O)Nc1cn(C)c(C(=O)NCCC(=O)NCCC(=O)NCCOCCOCCOCCOCCOCCOCCOCCOCCOc2ccc(N)cc2)n1. The van der Waals surface area contributed by atoms with Gasteiger partial charge in [0.15, 0.2) is 17.5 Å². The highest BCUT2D eigenvalue weighted by molar-refractivity contribution is 6.05. The zero-order valence-corrected chi connectivity index (χ0v) is 56.3. The second-order valence-electron chi connectivity index (χ2n) is 21.7. The van der Waals surface area contributed by atoms with Crippen LogP contribution >= 0.6 is 0 Å². The molecule has 99 heavy (non-hydrogen) atoms. The molecule has 0 saturated carbocycles. The second kappa shape index (κ2) is 43.3. The van der Waals surface area contributed by atoms with Crippen molar-refractivity contribution in [3.8, 4) is 5.75 Å². The van der Waals surface area contributed by atoms with Gasteiger partial charge in [-0.05, 0) is 36.4 Å². The van der Waals surface area contributed by atoms with Gasteiger partial charge in [0.25, 0.3) is 29.5 Å². The minimum atomic E-state index is -0.644. The smallest absolute Gasteiger partial charge is 0.291 e.